The number of benzene rings is 3. The van der Waals surface area contributed by atoms with Gasteiger partial charge in [0.25, 0.3) is 5.91 Å². The van der Waals surface area contributed by atoms with Crippen LogP contribution in [0, 0.1) is 0 Å². The van der Waals surface area contributed by atoms with Crippen molar-refractivity contribution in [1.82, 2.24) is 9.97 Å². The predicted molar refractivity (Wildman–Crippen MR) is 120 cm³/mol. The van der Waals surface area contributed by atoms with E-state index in [9.17, 15) is 14.8 Å². The molecule has 0 spiro atoms. The second kappa shape index (κ2) is 7.14. The highest BCUT2D eigenvalue weighted by Gasteiger charge is 2.16. The molecule has 3 aromatic carbocycles. The van der Waals surface area contributed by atoms with Gasteiger partial charge in [-0.25, -0.2) is 4.98 Å². The Balaban J connectivity index is 1.58. The maximum absolute atomic E-state index is 12.8. The van der Waals surface area contributed by atoms with Crippen LogP contribution in [-0.2, 0) is 0 Å². The number of fused-ring (bicyclic) bond motifs is 4. The third kappa shape index (κ3) is 3.09. The minimum atomic E-state index is -1.60. The number of carbonyl (C=O) groups excluding carboxylic acids is 1. The van der Waals surface area contributed by atoms with Crippen molar-refractivity contribution in [2.75, 3.05) is 5.32 Å². The van der Waals surface area contributed by atoms with Crippen molar-refractivity contribution >= 4 is 68.6 Å². The van der Waals surface area contributed by atoms with Crippen molar-refractivity contribution < 1.29 is 14.8 Å². The van der Waals surface area contributed by atoms with Crippen LogP contribution in [0.4, 0.5) is 5.69 Å². The molecule has 2 heterocycles. The van der Waals surface area contributed by atoms with E-state index in [4.69, 9.17) is 16.6 Å². The van der Waals surface area contributed by atoms with Crippen LogP contribution in [0.1, 0.15) is 10.4 Å². The van der Waals surface area contributed by atoms with Crippen LogP contribution in [0.25, 0.3) is 32.8 Å². The average molecular weight is 416 g/mol. The lowest BCUT2D eigenvalue weighted by Gasteiger charge is -2.07. The van der Waals surface area contributed by atoms with Gasteiger partial charge in [0, 0.05) is 27.5 Å². The topological polar surface area (TPSA) is 98.2 Å². The minimum absolute atomic E-state index is 0.297. The van der Waals surface area contributed by atoms with Gasteiger partial charge in [0.2, 0.25) is 0 Å². The number of anilines is 1. The lowest BCUT2D eigenvalue weighted by molar-refractivity contribution is 0.102. The molecule has 8 heteroatoms. The molecule has 4 N–H and O–H groups in total. The first-order valence-corrected chi connectivity index (χ1v) is 9.66. The molecule has 0 saturated carbocycles. The Morgan fingerprint density at radius 2 is 1.83 bits per heavy atom. The van der Waals surface area contributed by atoms with Gasteiger partial charge < -0.3 is 20.3 Å². The van der Waals surface area contributed by atoms with Crippen LogP contribution in [0.5, 0.6) is 0 Å². The summed E-state index contributed by atoms with van der Waals surface area (Å²) in [5.41, 5.74) is 4.26. The van der Waals surface area contributed by atoms with Gasteiger partial charge in [-0.3, -0.25) is 4.79 Å². The van der Waals surface area contributed by atoms with E-state index >= 15 is 0 Å². The number of para-hydroxylation sites is 1. The minimum Gasteiger partial charge on any atom is -0.423 e. The fraction of sp³-hybridized carbons (Fsp3) is 0. The lowest BCUT2D eigenvalue weighted by atomic mass is 9.80. The van der Waals surface area contributed by atoms with E-state index in [1.54, 1.807) is 30.3 Å². The van der Waals surface area contributed by atoms with Crippen LogP contribution in [0.2, 0.25) is 5.02 Å². The highest BCUT2D eigenvalue weighted by Crippen LogP contribution is 2.34. The van der Waals surface area contributed by atoms with E-state index in [0.717, 1.165) is 27.3 Å². The molecule has 0 fully saturated rings. The van der Waals surface area contributed by atoms with Crippen molar-refractivity contribution in [1.29, 1.82) is 0 Å². The van der Waals surface area contributed by atoms with Gasteiger partial charge in [-0.2, -0.15) is 0 Å². The van der Waals surface area contributed by atoms with Crippen molar-refractivity contribution in [2.45, 2.75) is 0 Å². The second-order valence-electron chi connectivity index (χ2n) is 7.01. The molecule has 0 radical (unpaired) electrons. The highest BCUT2D eigenvalue weighted by molar-refractivity contribution is 6.58. The molecule has 2 aromatic heterocycles. The molecule has 5 aromatic rings. The summed E-state index contributed by atoms with van der Waals surface area (Å²) in [4.78, 5) is 20.8. The van der Waals surface area contributed by atoms with Gasteiger partial charge in [-0.1, -0.05) is 41.9 Å². The standard InChI is InChI=1S/C22H15BClN3O3/c24-19-15-6-1-2-7-17(15)26-20-16-10-12(8-9-18(16)27-21(19)20)22(28)25-14-5-3-4-13(11-14)23(29)30/h1-11,27,29-30H,(H,25,28). The van der Waals surface area contributed by atoms with Crippen molar-refractivity contribution in [3.63, 3.8) is 0 Å². The predicted octanol–water partition coefficient (Wildman–Crippen LogP) is 3.45. The number of pyridine rings is 1. The first kappa shape index (κ1) is 18.6. The third-order valence-corrected chi connectivity index (χ3v) is 5.46. The molecule has 146 valence electrons. The Kier molecular flexibility index (Phi) is 4.44. The number of hydrogen-bond donors (Lipinski definition) is 4. The third-order valence-electron chi connectivity index (χ3n) is 5.07. The number of aromatic amines is 1. The smallest absolute Gasteiger partial charge is 0.423 e. The van der Waals surface area contributed by atoms with Crippen LogP contribution < -0.4 is 10.8 Å². The summed E-state index contributed by atoms with van der Waals surface area (Å²) in [5, 5.41) is 23.7. The van der Waals surface area contributed by atoms with Crippen molar-refractivity contribution in [3.05, 3.63) is 77.3 Å². The lowest BCUT2D eigenvalue weighted by Crippen LogP contribution is -2.30. The molecular weight excluding hydrogens is 401 g/mol. The first-order chi connectivity index (χ1) is 14.5. The number of nitrogens with one attached hydrogen (secondary N) is 2. The van der Waals surface area contributed by atoms with E-state index in [1.165, 1.54) is 6.07 Å². The zero-order valence-electron chi connectivity index (χ0n) is 15.6. The summed E-state index contributed by atoms with van der Waals surface area (Å²) in [6.45, 7) is 0. The Bertz CT molecular complexity index is 1450. The number of carbonyl (C=O) groups is 1. The Morgan fingerprint density at radius 3 is 2.67 bits per heavy atom. The number of amides is 1. The summed E-state index contributed by atoms with van der Waals surface area (Å²) in [6, 6.07) is 19.4. The molecule has 0 aliphatic rings. The van der Waals surface area contributed by atoms with Gasteiger partial charge in [0.15, 0.2) is 0 Å². The molecule has 0 unspecified atom stereocenters. The van der Waals surface area contributed by atoms with Crippen molar-refractivity contribution in [2.24, 2.45) is 0 Å². The highest BCUT2D eigenvalue weighted by atomic mass is 35.5. The largest absolute Gasteiger partial charge is 0.488 e. The van der Waals surface area contributed by atoms with Gasteiger partial charge >= 0.3 is 7.12 Å². The summed E-state index contributed by atoms with van der Waals surface area (Å²) in [7, 11) is -1.60. The van der Waals surface area contributed by atoms with E-state index < -0.39 is 7.12 Å². The monoisotopic (exact) mass is 415 g/mol. The average Bonchev–Trinajstić information content (AvgIpc) is 3.12. The molecule has 30 heavy (non-hydrogen) atoms. The summed E-state index contributed by atoms with van der Waals surface area (Å²) >= 11 is 6.60. The van der Waals surface area contributed by atoms with Gasteiger partial charge in [0.05, 0.1) is 21.6 Å². The Morgan fingerprint density at radius 1 is 1.00 bits per heavy atom. The molecule has 0 bridgehead atoms. The van der Waals surface area contributed by atoms with E-state index in [2.05, 4.69) is 10.3 Å². The Hall–Kier alpha value is -3.39. The van der Waals surface area contributed by atoms with Gasteiger partial charge in [-0.15, -0.1) is 0 Å². The molecule has 0 atom stereocenters. The van der Waals surface area contributed by atoms with E-state index in [-0.39, 0.29) is 5.91 Å². The molecular formula is C22H15BClN3O3. The number of nitrogens with zero attached hydrogens (tertiary/aromatic N) is 1. The maximum Gasteiger partial charge on any atom is 0.488 e. The zero-order valence-corrected chi connectivity index (χ0v) is 16.3. The molecule has 6 nitrogen and oxygen atoms in total. The summed E-state index contributed by atoms with van der Waals surface area (Å²) in [5.74, 6) is -0.317. The quantitative estimate of drug-likeness (QED) is 0.339. The van der Waals surface area contributed by atoms with E-state index in [0.29, 0.717) is 27.3 Å². The molecule has 0 aliphatic carbocycles. The number of rotatable bonds is 3. The molecule has 5 rings (SSSR count). The fourth-order valence-electron chi connectivity index (χ4n) is 3.59. The summed E-state index contributed by atoms with van der Waals surface area (Å²) < 4.78 is 0. The number of aromatic nitrogens is 2. The van der Waals surface area contributed by atoms with Crippen LogP contribution in [-0.4, -0.2) is 33.0 Å². The number of H-pyrrole nitrogens is 1. The first-order valence-electron chi connectivity index (χ1n) is 9.28. The zero-order chi connectivity index (χ0) is 20.8. The SMILES string of the molecule is O=C(Nc1cccc(B(O)O)c1)c1ccc2[nH]c3c(Cl)c4ccccc4nc3c2c1. The van der Waals surface area contributed by atoms with Gasteiger partial charge in [-0.05, 0) is 41.9 Å². The molecule has 0 saturated heterocycles. The summed E-state index contributed by atoms with van der Waals surface area (Å²) in [6.07, 6.45) is 0. The van der Waals surface area contributed by atoms with Crippen LogP contribution in [0.15, 0.2) is 66.7 Å². The number of hydrogen-bond acceptors (Lipinski definition) is 4. The molecule has 1 amide bonds. The maximum atomic E-state index is 12.8. The second-order valence-corrected chi connectivity index (χ2v) is 7.38. The number of halogens is 1. The van der Waals surface area contributed by atoms with Crippen molar-refractivity contribution in [3.8, 4) is 0 Å². The van der Waals surface area contributed by atoms with E-state index in [1.807, 2.05) is 30.3 Å². The Labute approximate surface area is 176 Å². The normalized spacial score (nSPS) is 11.3. The molecule has 0 aliphatic heterocycles. The fourth-order valence-corrected chi connectivity index (χ4v) is 3.88. The van der Waals surface area contributed by atoms with Gasteiger partial charge in [0.1, 0.15) is 0 Å². The van der Waals surface area contributed by atoms with Crippen LogP contribution >= 0.6 is 11.6 Å². The van der Waals surface area contributed by atoms with Crippen LogP contribution in [0.3, 0.4) is 0 Å².